The maximum atomic E-state index is 3.87. The predicted octanol–water partition coefficient (Wildman–Crippen LogP) is 3.59. The largest absolute Gasteiger partial charge is 0.311 e. The van der Waals surface area contributed by atoms with Gasteiger partial charge in [0.15, 0.2) is 0 Å². The van der Waals surface area contributed by atoms with E-state index in [0.717, 1.165) is 23.9 Å². The second-order valence-electron chi connectivity index (χ2n) is 6.78. The zero-order valence-electron chi connectivity index (χ0n) is 10.8. The van der Waals surface area contributed by atoms with Crippen LogP contribution in [0, 0.1) is 17.3 Å². The van der Waals surface area contributed by atoms with Crippen molar-refractivity contribution in [2.75, 3.05) is 0 Å². The summed E-state index contributed by atoms with van der Waals surface area (Å²) in [7, 11) is 0. The van der Waals surface area contributed by atoms with Gasteiger partial charge in [-0.1, -0.05) is 20.8 Å². The molecule has 2 aliphatic rings. The Morgan fingerprint density at radius 2 is 1.87 bits per heavy atom. The molecule has 0 aromatic rings. The molecule has 0 radical (unpaired) electrons. The smallest absolute Gasteiger partial charge is 0.00956 e. The minimum atomic E-state index is 0.584. The average Bonchev–Trinajstić information content (AvgIpc) is 2.91. The Bertz CT molecular complexity index is 217. The maximum absolute atomic E-state index is 3.87. The fourth-order valence-electron chi connectivity index (χ4n) is 3.26. The maximum Gasteiger partial charge on any atom is 0.00956 e. The molecule has 0 saturated heterocycles. The first-order valence-electron chi connectivity index (χ1n) is 6.74. The molecule has 2 rings (SSSR count). The van der Waals surface area contributed by atoms with Crippen molar-refractivity contribution in [3.05, 3.63) is 0 Å². The van der Waals surface area contributed by atoms with Crippen LogP contribution in [0.5, 0.6) is 0 Å². The van der Waals surface area contributed by atoms with Crippen LogP contribution in [0.3, 0.4) is 0 Å². The minimum Gasteiger partial charge on any atom is -0.311 e. The number of hydrogen-bond acceptors (Lipinski definition) is 1. The molecule has 0 aromatic carbocycles. The lowest BCUT2D eigenvalue weighted by molar-refractivity contribution is 0.140. The normalized spacial score (nSPS) is 37.6. The van der Waals surface area contributed by atoms with Crippen LogP contribution in [0.25, 0.3) is 0 Å². The molecule has 0 heterocycles. The summed E-state index contributed by atoms with van der Waals surface area (Å²) in [4.78, 5) is 0. The molecule has 0 amide bonds. The van der Waals surface area contributed by atoms with Crippen LogP contribution in [0.15, 0.2) is 0 Å². The van der Waals surface area contributed by atoms with E-state index in [-0.39, 0.29) is 0 Å². The Morgan fingerprint density at radius 1 is 1.20 bits per heavy atom. The van der Waals surface area contributed by atoms with Gasteiger partial charge in [-0.2, -0.15) is 0 Å². The molecule has 1 N–H and O–H groups in total. The topological polar surface area (TPSA) is 12.0 Å². The SMILES string of the molecule is CC1CC(C)(C)CCC1NC(C)C1CC1. The van der Waals surface area contributed by atoms with E-state index in [1.54, 1.807) is 0 Å². The lowest BCUT2D eigenvalue weighted by Crippen LogP contribution is -2.46. The highest BCUT2D eigenvalue weighted by Crippen LogP contribution is 2.39. The van der Waals surface area contributed by atoms with E-state index in [4.69, 9.17) is 0 Å². The Hall–Kier alpha value is -0.0400. The zero-order chi connectivity index (χ0) is 11.1. The number of hydrogen-bond donors (Lipinski definition) is 1. The zero-order valence-corrected chi connectivity index (χ0v) is 10.8. The lowest BCUT2D eigenvalue weighted by atomic mass is 9.70. The van der Waals surface area contributed by atoms with Crippen molar-refractivity contribution in [2.24, 2.45) is 17.3 Å². The van der Waals surface area contributed by atoms with Crippen molar-refractivity contribution < 1.29 is 0 Å². The third-order valence-corrected chi connectivity index (χ3v) is 4.50. The molecule has 2 aliphatic carbocycles. The number of nitrogens with one attached hydrogen (secondary N) is 1. The first-order chi connectivity index (χ1) is 6.98. The van der Waals surface area contributed by atoms with E-state index in [9.17, 15) is 0 Å². The Balaban J connectivity index is 1.82. The van der Waals surface area contributed by atoms with Crippen LogP contribution in [0.1, 0.15) is 59.8 Å². The van der Waals surface area contributed by atoms with Gasteiger partial charge in [-0.3, -0.25) is 0 Å². The monoisotopic (exact) mass is 209 g/mol. The second-order valence-corrected chi connectivity index (χ2v) is 6.78. The van der Waals surface area contributed by atoms with Gasteiger partial charge in [0, 0.05) is 12.1 Å². The van der Waals surface area contributed by atoms with E-state index in [1.807, 2.05) is 0 Å². The lowest BCUT2D eigenvalue weighted by Gasteiger charge is -2.40. The quantitative estimate of drug-likeness (QED) is 0.749. The molecule has 0 aliphatic heterocycles. The standard InChI is InChI=1S/C14H27N/c1-10-9-14(3,4)8-7-13(10)15-11(2)12-5-6-12/h10-13,15H,5-9H2,1-4H3. The van der Waals surface area contributed by atoms with Crippen molar-refractivity contribution in [1.29, 1.82) is 0 Å². The molecule has 3 atom stereocenters. The van der Waals surface area contributed by atoms with Gasteiger partial charge in [-0.05, 0) is 56.3 Å². The first-order valence-corrected chi connectivity index (χ1v) is 6.74. The van der Waals surface area contributed by atoms with Gasteiger partial charge in [0.05, 0.1) is 0 Å². The van der Waals surface area contributed by atoms with Crippen LogP contribution in [-0.4, -0.2) is 12.1 Å². The number of rotatable bonds is 3. The molecule has 3 unspecified atom stereocenters. The van der Waals surface area contributed by atoms with Crippen molar-refractivity contribution in [3.8, 4) is 0 Å². The van der Waals surface area contributed by atoms with Gasteiger partial charge in [0.2, 0.25) is 0 Å². The minimum absolute atomic E-state index is 0.584. The highest BCUT2D eigenvalue weighted by atomic mass is 15.0. The summed E-state index contributed by atoms with van der Waals surface area (Å²) in [5.41, 5.74) is 0.584. The van der Waals surface area contributed by atoms with Gasteiger partial charge >= 0.3 is 0 Å². The summed E-state index contributed by atoms with van der Waals surface area (Å²) in [5, 5.41) is 3.87. The summed E-state index contributed by atoms with van der Waals surface area (Å²) < 4.78 is 0. The summed E-state index contributed by atoms with van der Waals surface area (Å²) in [6, 6.07) is 1.55. The third kappa shape index (κ3) is 2.96. The van der Waals surface area contributed by atoms with E-state index in [0.29, 0.717) is 5.41 Å². The van der Waals surface area contributed by atoms with Crippen LogP contribution in [0.4, 0.5) is 0 Å². The second kappa shape index (κ2) is 4.08. The highest BCUT2D eigenvalue weighted by molar-refractivity contribution is 4.91. The Morgan fingerprint density at radius 3 is 2.40 bits per heavy atom. The first kappa shape index (κ1) is 11.4. The Kier molecular flexibility index (Phi) is 3.12. The van der Waals surface area contributed by atoms with E-state index in [1.165, 1.54) is 32.1 Å². The van der Waals surface area contributed by atoms with E-state index < -0.39 is 0 Å². The molecule has 1 heteroatoms. The molecule has 0 aromatic heterocycles. The molecule has 0 spiro atoms. The van der Waals surface area contributed by atoms with Crippen LogP contribution < -0.4 is 5.32 Å². The molecular formula is C14H27N. The molecular weight excluding hydrogens is 182 g/mol. The fraction of sp³-hybridized carbons (Fsp3) is 1.00. The Labute approximate surface area is 95.0 Å². The summed E-state index contributed by atoms with van der Waals surface area (Å²) in [5.74, 6) is 1.85. The summed E-state index contributed by atoms with van der Waals surface area (Å²) >= 11 is 0. The summed E-state index contributed by atoms with van der Waals surface area (Å²) in [6.45, 7) is 9.65. The van der Waals surface area contributed by atoms with Gasteiger partial charge in [0.25, 0.3) is 0 Å². The average molecular weight is 209 g/mol. The van der Waals surface area contributed by atoms with E-state index >= 15 is 0 Å². The van der Waals surface area contributed by atoms with E-state index in [2.05, 4.69) is 33.0 Å². The molecule has 0 bridgehead atoms. The van der Waals surface area contributed by atoms with Gasteiger partial charge in [0.1, 0.15) is 0 Å². The highest BCUT2D eigenvalue weighted by Gasteiger charge is 2.35. The van der Waals surface area contributed by atoms with Crippen LogP contribution in [-0.2, 0) is 0 Å². The molecule has 1 nitrogen and oxygen atoms in total. The van der Waals surface area contributed by atoms with Crippen molar-refractivity contribution >= 4 is 0 Å². The van der Waals surface area contributed by atoms with Crippen molar-refractivity contribution in [1.82, 2.24) is 5.32 Å². The third-order valence-electron chi connectivity index (χ3n) is 4.50. The van der Waals surface area contributed by atoms with Gasteiger partial charge in [-0.15, -0.1) is 0 Å². The van der Waals surface area contributed by atoms with Crippen molar-refractivity contribution in [3.63, 3.8) is 0 Å². The van der Waals surface area contributed by atoms with Crippen molar-refractivity contribution in [2.45, 2.75) is 71.9 Å². The fourth-order valence-corrected chi connectivity index (χ4v) is 3.26. The predicted molar refractivity (Wildman–Crippen MR) is 65.9 cm³/mol. The van der Waals surface area contributed by atoms with Gasteiger partial charge in [-0.25, -0.2) is 0 Å². The van der Waals surface area contributed by atoms with Gasteiger partial charge < -0.3 is 5.32 Å². The molecule has 88 valence electrons. The summed E-state index contributed by atoms with van der Waals surface area (Å²) in [6.07, 6.45) is 7.08. The molecule has 2 fully saturated rings. The van der Waals surface area contributed by atoms with Crippen LogP contribution in [0.2, 0.25) is 0 Å². The molecule has 2 saturated carbocycles. The molecule has 15 heavy (non-hydrogen) atoms. The van der Waals surface area contributed by atoms with Crippen LogP contribution >= 0.6 is 0 Å².